The summed E-state index contributed by atoms with van der Waals surface area (Å²) in [7, 11) is 0. The van der Waals surface area contributed by atoms with Gasteiger partial charge in [0.2, 0.25) is 0 Å². The second kappa shape index (κ2) is 5.07. The van der Waals surface area contributed by atoms with Crippen LogP contribution in [0.5, 0.6) is 11.5 Å². The third-order valence-corrected chi connectivity index (χ3v) is 1.80. The molecule has 0 aliphatic heterocycles. The monoisotopic (exact) mass is 235 g/mol. The lowest BCUT2D eigenvalue weighted by molar-refractivity contribution is -0.274. The van der Waals surface area contributed by atoms with Crippen LogP contribution in [0.3, 0.4) is 0 Å². The van der Waals surface area contributed by atoms with Gasteiger partial charge in [-0.15, -0.1) is 13.2 Å². The molecule has 0 saturated carbocycles. The Balaban J connectivity index is 2.97. The number of nitrogens with two attached hydrogens (primary N) is 1. The predicted molar refractivity (Wildman–Crippen MR) is 52.2 cm³/mol. The molecular formula is C10H12F3NO2. The first-order valence-corrected chi connectivity index (χ1v) is 4.67. The fourth-order valence-electron chi connectivity index (χ4n) is 1.18. The van der Waals surface area contributed by atoms with Crippen LogP contribution in [-0.4, -0.2) is 13.0 Å². The van der Waals surface area contributed by atoms with E-state index in [2.05, 4.69) is 4.74 Å². The highest BCUT2D eigenvalue weighted by Crippen LogP contribution is 2.29. The van der Waals surface area contributed by atoms with Gasteiger partial charge in [-0.05, 0) is 13.0 Å². The molecule has 3 nitrogen and oxygen atoms in total. The van der Waals surface area contributed by atoms with E-state index in [0.717, 1.165) is 0 Å². The highest BCUT2D eigenvalue weighted by atomic mass is 19.4. The van der Waals surface area contributed by atoms with E-state index < -0.39 is 6.36 Å². The third kappa shape index (κ3) is 3.62. The summed E-state index contributed by atoms with van der Waals surface area (Å²) in [5.41, 5.74) is 5.58. The summed E-state index contributed by atoms with van der Waals surface area (Å²) in [5, 5.41) is 0. The van der Waals surface area contributed by atoms with E-state index >= 15 is 0 Å². The van der Waals surface area contributed by atoms with Crippen molar-refractivity contribution in [1.82, 2.24) is 0 Å². The fraction of sp³-hybridized carbons (Fsp3) is 0.400. The highest BCUT2D eigenvalue weighted by Gasteiger charge is 2.32. The first-order chi connectivity index (χ1) is 7.46. The van der Waals surface area contributed by atoms with Gasteiger partial charge in [-0.25, -0.2) is 0 Å². The van der Waals surface area contributed by atoms with E-state index in [1.54, 1.807) is 13.0 Å². The largest absolute Gasteiger partial charge is 0.573 e. The third-order valence-electron chi connectivity index (χ3n) is 1.80. The van der Waals surface area contributed by atoms with Gasteiger partial charge >= 0.3 is 6.36 Å². The molecule has 0 spiro atoms. The fourth-order valence-corrected chi connectivity index (χ4v) is 1.18. The molecule has 6 heteroatoms. The summed E-state index contributed by atoms with van der Waals surface area (Å²) in [6.07, 6.45) is -4.73. The molecule has 2 N–H and O–H groups in total. The summed E-state index contributed by atoms with van der Waals surface area (Å²) in [6.45, 7) is 2.08. The van der Waals surface area contributed by atoms with Crippen molar-refractivity contribution >= 4 is 0 Å². The molecule has 0 aliphatic carbocycles. The van der Waals surface area contributed by atoms with E-state index in [-0.39, 0.29) is 17.9 Å². The van der Waals surface area contributed by atoms with Crippen LogP contribution < -0.4 is 15.2 Å². The standard InChI is InChI=1S/C10H12F3NO2/c1-2-15-8-4-3-7(6-14)9(5-8)16-10(11,12)13/h3-5H,2,6,14H2,1H3. The Kier molecular flexibility index (Phi) is 4.00. The lowest BCUT2D eigenvalue weighted by atomic mass is 10.2. The Hall–Kier alpha value is -1.43. The molecule has 0 bridgehead atoms. The van der Waals surface area contributed by atoms with Gasteiger partial charge in [-0.2, -0.15) is 0 Å². The minimum atomic E-state index is -4.73. The lowest BCUT2D eigenvalue weighted by Gasteiger charge is -2.13. The predicted octanol–water partition coefficient (Wildman–Crippen LogP) is 2.44. The Morgan fingerprint density at radius 1 is 1.31 bits per heavy atom. The minimum Gasteiger partial charge on any atom is -0.494 e. The zero-order valence-corrected chi connectivity index (χ0v) is 8.67. The second-order valence-electron chi connectivity index (χ2n) is 2.95. The summed E-state index contributed by atoms with van der Waals surface area (Å²) < 4.78 is 45.1. The maximum atomic E-state index is 12.1. The Labute approximate surface area is 91.0 Å². The molecule has 1 rings (SSSR count). The molecule has 0 aliphatic rings. The molecule has 0 atom stereocenters. The Bertz CT molecular complexity index is 352. The highest BCUT2D eigenvalue weighted by molar-refractivity contribution is 5.40. The topological polar surface area (TPSA) is 44.5 Å². The van der Waals surface area contributed by atoms with Crippen LogP contribution in [0.2, 0.25) is 0 Å². The summed E-state index contributed by atoms with van der Waals surface area (Å²) >= 11 is 0. The van der Waals surface area contributed by atoms with Gasteiger partial charge in [-0.3, -0.25) is 0 Å². The van der Waals surface area contributed by atoms with Gasteiger partial charge in [0.05, 0.1) is 6.61 Å². The quantitative estimate of drug-likeness (QED) is 0.871. The number of benzene rings is 1. The van der Waals surface area contributed by atoms with Gasteiger partial charge < -0.3 is 15.2 Å². The Morgan fingerprint density at radius 2 is 2.00 bits per heavy atom. The van der Waals surface area contributed by atoms with Gasteiger partial charge in [-0.1, -0.05) is 6.07 Å². The summed E-state index contributed by atoms with van der Waals surface area (Å²) in [5.74, 6) is -0.0000926. The maximum Gasteiger partial charge on any atom is 0.573 e. The lowest BCUT2D eigenvalue weighted by Crippen LogP contribution is -2.18. The smallest absolute Gasteiger partial charge is 0.494 e. The number of ether oxygens (including phenoxy) is 2. The van der Waals surface area contributed by atoms with Crippen LogP contribution in [-0.2, 0) is 6.54 Å². The van der Waals surface area contributed by atoms with Gasteiger partial charge in [0, 0.05) is 18.2 Å². The van der Waals surface area contributed by atoms with Crippen LogP contribution in [0.4, 0.5) is 13.2 Å². The van der Waals surface area contributed by atoms with Crippen LogP contribution in [0.1, 0.15) is 12.5 Å². The van der Waals surface area contributed by atoms with E-state index in [0.29, 0.717) is 12.4 Å². The molecule has 0 saturated heterocycles. The SMILES string of the molecule is CCOc1ccc(CN)c(OC(F)(F)F)c1. The summed E-state index contributed by atoms with van der Waals surface area (Å²) in [6, 6.07) is 4.18. The number of halogens is 3. The first kappa shape index (κ1) is 12.6. The molecule has 1 aromatic rings. The molecule has 0 unspecified atom stereocenters. The van der Waals surface area contributed by atoms with Crippen LogP contribution in [0.25, 0.3) is 0 Å². The average Bonchev–Trinajstić information content (AvgIpc) is 2.16. The van der Waals surface area contributed by atoms with Crippen molar-refractivity contribution in [2.24, 2.45) is 5.73 Å². The van der Waals surface area contributed by atoms with Crippen LogP contribution in [0.15, 0.2) is 18.2 Å². The van der Waals surface area contributed by atoms with Crippen LogP contribution >= 0.6 is 0 Å². The van der Waals surface area contributed by atoms with Crippen molar-refractivity contribution in [3.8, 4) is 11.5 Å². The van der Waals surface area contributed by atoms with Crippen molar-refractivity contribution in [2.45, 2.75) is 19.8 Å². The molecule has 0 fully saturated rings. The Morgan fingerprint density at radius 3 is 2.50 bits per heavy atom. The molecule has 1 aromatic carbocycles. The van der Waals surface area contributed by atoms with Gasteiger partial charge in [0.15, 0.2) is 0 Å². The average molecular weight is 235 g/mol. The van der Waals surface area contributed by atoms with E-state index in [4.69, 9.17) is 10.5 Å². The van der Waals surface area contributed by atoms with Crippen molar-refractivity contribution < 1.29 is 22.6 Å². The van der Waals surface area contributed by atoms with E-state index in [9.17, 15) is 13.2 Å². The maximum absolute atomic E-state index is 12.1. The summed E-state index contributed by atoms with van der Waals surface area (Å²) in [4.78, 5) is 0. The molecule has 0 heterocycles. The molecule has 90 valence electrons. The van der Waals surface area contributed by atoms with Crippen LogP contribution in [0, 0.1) is 0 Å². The first-order valence-electron chi connectivity index (χ1n) is 4.67. The number of alkyl halides is 3. The molecule has 0 amide bonds. The van der Waals surface area contributed by atoms with Crippen molar-refractivity contribution in [3.63, 3.8) is 0 Å². The van der Waals surface area contributed by atoms with Gasteiger partial charge in [0.25, 0.3) is 0 Å². The van der Waals surface area contributed by atoms with Crippen molar-refractivity contribution in [2.75, 3.05) is 6.61 Å². The second-order valence-corrected chi connectivity index (χ2v) is 2.95. The van der Waals surface area contributed by atoms with E-state index in [1.165, 1.54) is 12.1 Å². The van der Waals surface area contributed by atoms with Gasteiger partial charge in [0.1, 0.15) is 11.5 Å². The number of hydrogen-bond acceptors (Lipinski definition) is 3. The normalized spacial score (nSPS) is 11.3. The minimum absolute atomic E-state index is 0.0299. The molecule has 16 heavy (non-hydrogen) atoms. The zero-order chi connectivity index (χ0) is 12.2. The number of rotatable bonds is 4. The number of hydrogen-bond donors (Lipinski definition) is 1. The van der Waals surface area contributed by atoms with Crippen molar-refractivity contribution in [3.05, 3.63) is 23.8 Å². The van der Waals surface area contributed by atoms with Crippen molar-refractivity contribution in [1.29, 1.82) is 0 Å². The molecule has 0 aromatic heterocycles. The molecule has 0 radical (unpaired) electrons. The molecular weight excluding hydrogens is 223 g/mol. The van der Waals surface area contributed by atoms with E-state index in [1.807, 2.05) is 0 Å². The zero-order valence-electron chi connectivity index (χ0n) is 8.67.